The van der Waals surface area contributed by atoms with Crippen LogP contribution < -0.4 is 0 Å². The second-order valence-electron chi connectivity index (χ2n) is 3.16. The smallest absolute Gasteiger partial charge is 0.398 e. The Hall–Kier alpha value is -0.720. The SMILES string of the molecule is CCN1CCN(C(=O)OC(Cl)(Cl)Cl)C(=O)C1=O. The fourth-order valence-electron chi connectivity index (χ4n) is 1.30. The maximum Gasteiger partial charge on any atom is 0.420 e. The van der Waals surface area contributed by atoms with E-state index in [-0.39, 0.29) is 13.1 Å². The molecule has 1 aliphatic rings. The predicted molar refractivity (Wildman–Crippen MR) is 60.7 cm³/mol. The van der Waals surface area contributed by atoms with E-state index in [1.54, 1.807) is 6.92 Å². The van der Waals surface area contributed by atoms with Crippen LogP contribution in [0, 0.1) is 0 Å². The number of alkyl halides is 3. The minimum Gasteiger partial charge on any atom is -0.398 e. The van der Waals surface area contributed by atoms with Gasteiger partial charge in [-0.1, -0.05) is 0 Å². The molecule has 3 amide bonds. The van der Waals surface area contributed by atoms with Crippen LogP contribution in [-0.2, 0) is 14.3 Å². The molecule has 0 N–H and O–H groups in total. The summed E-state index contributed by atoms with van der Waals surface area (Å²) in [6.07, 6.45) is -1.15. The summed E-state index contributed by atoms with van der Waals surface area (Å²) in [4.78, 5) is 36.3. The number of imide groups is 1. The number of ether oxygens (including phenoxy) is 1. The van der Waals surface area contributed by atoms with Gasteiger partial charge in [-0.25, -0.2) is 9.69 Å². The number of hydrogen-bond acceptors (Lipinski definition) is 4. The van der Waals surface area contributed by atoms with E-state index < -0.39 is 21.9 Å². The number of halogens is 3. The third-order valence-electron chi connectivity index (χ3n) is 2.11. The first-order valence-corrected chi connectivity index (χ1v) is 5.80. The maximum atomic E-state index is 11.5. The van der Waals surface area contributed by atoms with Crippen LogP contribution in [0.15, 0.2) is 0 Å². The number of likely N-dealkylation sites (N-methyl/N-ethyl adjacent to an activating group) is 1. The van der Waals surface area contributed by atoms with Gasteiger partial charge in [0.25, 0.3) is 0 Å². The number of piperazine rings is 1. The summed E-state index contributed by atoms with van der Waals surface area (Å²) < 4.78 is 2.09. The Morgan fingerprint density at radius 3 is 2.35 bits per heavy atom. The average Bonchev–Trinajstić information content (AvgIpc) is 2.19. The van der Waals surface area contributed by atoms with Gasteiger partial charge in [0.2, 0.25) is 0 Å². The van der Waals surface area contributed by atoms with Gasteiger partial charge in [-0.2, -0.15) is 0 Å². The monoisotopic (exact) mass is 302 g/mol. The summed E-state index contributed by atoms with van der Waals surface area (Å²) in [6, 6.07) is 0. The maximum absolute atomic E-state index is 11.5. The van der Waals surface area contributed by atoms with Crippen molar-refractivity contribution in [2.45, 2.75) is 10.9 Å². The Labute approximate surface area is 112 Å². The Morgan fingerprint density at radius 2 is 1.88 bits per heavy atom. The first kappa shape index (κ1) is 14.3. The van der Waals surface area contributed by atoms with Gasteiger partial charge in [0.05, 0.1) is 6.54 Å². The Bertz CT molecular complexity index is 355. The van der Waals surface area contributed by atoms with Crippen molar-refractivity contribution in [1.29, 1.82) is 0 Å². The van der Waals surface area contributed by atoms with Crippen molar-refractivity contribution in [1.82, 2.24) is 9.80 Å². The van der Waals surface area contributed by atoms with Crippen molar-refractivity contribution >= 4 is 52.7 Å². The third kappa shape index (κ3) is 3.62. The van der Waals surface area contributed by atoms with Crippen LogP contribution in [0.25, 0.3) is 0 Å². The largest absolute Gasteiger partial charge is 0.420 e. The standard InChI is InChI=1S/C8H9Cl3N2O4/c1-2-12-3-4-13(6(15)5(12)14)7(16)17-8(9,10)11/h2-4H2,1H3. The molecule has 0 unspecified atom stereocenters. The first-order chi connectivity index (χ1) is 7.76. The van der Waals surface area contributed by atoms with Crippen LogP contribution in [-0.4, -0.2) is 51.3 Å². The normalized spacial score (nSPS) is 17.4. The second kappa shape index (κ2) is 5.29. The lowest BCUT2D eigenvalue weighted by atomic mass is 10.3. The molecule has 1 aliphatic heterocycles. The Balaban J connectivity index is 2.72. The van der Waals surface area contributed by atoms with E-state index >= 15 is 0 Å². The molecule has 1 saturated heterocycles. The van der Waals surface area contributed by atoms with Gasteiger partial charge in [0, 0.05) is 13.1 Å². The molecular weight excluding hydrogens is 294 g/mol. The summed E-state index contributed by atoms with van der Waals surface area (Å²) in [7, 11) is 0. The second-order valence-corrected chi connectivity index (χ2v) is 5.33. The lowest BCUT2D eigenvalue weighted by Gasteiger charge is -2.31. The van der Waals surface area contributed by atoms with Crippen LogP contribution in [0.4, 0.5) is 4.79 Å². The lowest BCUT2D eigenvalue weighted by Crippen LogP contribution is -2.56. The molecule has 6 nitrogen and oxygen atoms in total. The minimum absolute atomic E-state index is 0.0119. The molecule has 96 valence electrons. The van der Waals surface area contributed by atoms with Gasteiger partial charge in [-0.3, -0.25) is 9.59 Å². The fraction of sp³-hybridized carbons (Fsp3) is 0.625. The highest BCUT2D eigenvalue weighted by atomic mass is 35.6. The van der Waals surface area contributed by atoms with Crippen LogP contribution in [0.2, 0.25) is 0 Å². The van der Waals surface area contributed by atoms with Crippen molar-refractivity contribution in [3.8, 4) is 0 Å². The number of hydrogen-bond donors (Lipinski definition) is 0. The molecular formula is C8H9Cl3N2O4. The van der Waals surface area contributed by atoms with Gasteiger partial charge < -0.3 is 9.64 Å². The summed E-state index contributed by atoms with van der Waals surface area (Å²) >= 11 is 15.7. The molecule has 9 heteroatoms. The molecule has 1 fully saturated rings. The average molecular weight is 304 g/mol. The topological polar surface area (TPSA) is 66.9 Å². The molecule has 0 aromatic rings. The van der Waals surface area contributed by atoms with Gasteiger partial charge in [0.1, 0.15) is 0 Å². The highest BCUT2D eigenvalue weighted by Crippen LogP contribution is 2.28. The van der Waals surface area contributed by atoms with Crippen molar-refractivity contribution in [2.24, 2.45) is 0 Å². The number of nitrogens with zero attached hydrogens (tertiary/aromatic N) is 2. The zero-order chi connectivity index (χ0) is 13.2. The zero-order valence-corrected chi connectivity index (χ0v) is 11.1. The van der Waals surface area contributed by atoms with Crippen LogP contribution >= 0.6 is 34.8 Å². The van der Waals surface area contributed by atoms with E-state index in [9.17, 15) is 14.4 Å². The number of carbonyl (C=O) groups is 3. The van der Waals surface area contributed by atoms with Gasteiger partial charge in [-0.05, 0) is 41.7 Å². The van der Waals surface area contributed by atoms with E-state index in [1.165, 1.54) is 4.90 Å². The van der Waals surface area contributed by atoms with Crippen molar-refractivity contribution in [2.75, 3.05) is 19.6 Å². The van der Waals surface area contributed by atoms with E-state index in [4.69, 9.17) is 34.8 Å². The molecule has 0 aliphatic carbocycles. The van der Waals surface area contributed by atoms with Crippen LogP contribution in [0.3, 0.4) is 0 Å². The van der Waals surface area contributed by atoms with Crippen molar-refractivity contribution in [3.05, 3.63) is 0 Å². The van der Waals surface area contributed by atoms with E-state index in [0.717, 1.165) is 0 Å². The Kier molecular flexibility index (Phi) is 4.46. The summed E-state index contributed by atoms with van der Waals surface area (Å²) in [5.41, 5.74) is 0. The molecule has 0 bridgehead atoms. The number of amides is 3. The first-order valence-electron chi connectivity index (χ1n) is 4.66. The van der Waals surface area contributed by atoms with Gasteiger partial charge in [0.15, 0.2) is 0 Å². The molecule has 0 spiro atoms. The van der Waals surface area contributed by atoms with Crippen LogP contribution in [0.1, 0.15) is 6.92 Å². The fourth-order valence-corrected chi connectivity index (χ4v) is 1.50. The third-order valence-corrected chi connectivity index (χ3v) is 2.35. The summed E-state index contributed by atoms with van der Waals surface area (Å²) in [6.45, 7) is 2.35. The molecule has 1 heterocycles. The quantitative estimate of drug-likeness (QED) is 0.538. The number of rotatable bonds is 1. The summed E-state index contributed by atoms with van der Waals surface area (Å²) in [5, 5.41) is 0. The van der Waals surface area contributed by atoms with E-state index in [0.29, 0.717) is 11.4 Å². The molecule has 1 rings (SSSR count). The highest BCUT2D eigenvalue weighted by Gasteiger charge is 2.39. The molecule has 0 radical (unpaired) electrons. The molecule has 0 aromatic carbocycles. The molecule has 0 atom stereocenters. The van der Waals surface area contributed by atoms with Crippen molar-refractivity contribution in [3.63, 3.8) is 0 Å². The minimum atomic E-state index is -2.26. The van der Waals surface area contributed by atoms with Gasteiger partial charge in [-0.15, -0.1) is 0 Å². The Morgan fingerprint density at radius 1 is 1.29 bits per heavy atom. The van der Waals surface area contributed by atoms with Crippen molar-refractivity contribution < 1.29 is 19.1 Å². The molecule has 0 saturated carbocycles. The summed E-state index contributed by atoms with van der Waals surface area (Å²) in [5.74, 6) is -1.77. The zero-order valence-electron chi connectivity index (χ0n) is 8.78. The predicted octanol–water partition coefficient (Wildman–Crippen LogP) is 1.14. The molecule has 17 heavy (non-hydrogen) atoms. The van der Waals surface area contributed by atoms with E-state index in [2.05, 4.69) is 4.74 Å². The lowest BCUT2D eigenvalue weighted by molar-refractivity contribution is -0.154. The molecule has 0 aromatic heterocycles. The number of carbonyl (C=O) groups excluding carboxylic acids is 3. The van der Waals surface area contributed by atoms with Crippen LogP contribution in [0.5, 0.6) is 0 Å². The van der Waals surface area contributed by atoms with Gasteiger partial charge >= 0.3 is 21.9 Å². The van der Waals surface area contributed by atoms with E-state index in [1.807, 2.05) is 0 Å². The highest BCUT2D eigenvalue weighted by molar-refractivity contribution is 6.66.